The lowest BCUT2D eigenvalue weighted by atomic mass is 10.1. The first kappa shape index (κ1) is 17.5. The molecule has 136 valence electrons. The number of hydrogen-bond acceptors (Lipinski definition) is 4. The molecule has 1 aromatic heterocycles. The molecule has 0 radical (unpaired) electrons. The molecule has 1 N–H and O–H groups in total. The monoisotopic (exact) mass is 378 g/mol. The van der Waals surface area contributed by atoms with Crippen LogP contribution < -0.4 is 10.2 Å². The molecular weight excluding hydrogens is 360 g/mol. The summed E-state index contributed by atoms with van der Waals surface area (Å²) in [6, 6.07) is 15.9. The van der Waals surface area contributed by atoms with E-state index in [4.69, 9.17) is 11.6 Å². The summed E-state index contributed by atoms with van der Waals surface area (Å²) in [6.45, 7) is 1.40. The fourth-order valence-electron chi connectivity index (χ4n) is 3.20. The van der Waals surface area contributed by atoms with Crippen molar-refractivity contribution in [3.8, 4) is 0 Å². The number of amides is 1. The van der Waals surface area contributed by atoms with Gasteiger partial charge in [0.15, 0.2) is 0 Å². The Morgan fingerprint density at radius 2 is 1.81 bits per heavy atom. The lowest BCUT2D eigenvalue weighted by Crippen LogP contribution is -2.26. The molecule has 6 heteroatoms. The van der Waals surface area contributed by atoms with Gasteiger partial charge in [0.25, 0.3) is 5.91 Å². The number of carbonyl (C=O) groups excluding carboxylic acids is 1. The van der Waals surface area contributed by atoms with Crippen LogP contribution in [0.3, 0.4) is 0 Å². The molecule has 0 spiro atoms. The van der Waals surface area contributed by atoms with Gasteiger partial charge in [0.05, 0.1) is 5.56 Å². The van der Waals surface area contributed by atoms with Crippen molar-refractivity contribution >= 4 is 29.1 Å². The van der Waals surface area contributed by atoms with Gasteiger partial charge in [0, 0.05) is 36.2 Å². The minimum Gasteiger partial charge on any atom is -0.352 e. The van der Waals surface area contributed by atoms with Crippen molar-refractivity contribution < 1.29 is 4.79 Å². The van der Waals surface area contributed by atoms with E-state index in [0.717, 1.165) is 30.6 Å². The lowest BCUT2D eigenvalue weighted by Gasteiger charge is -2.16. The van der Waals surface area contributed by atoms with Gasteiger partial charge >= 0.3 is 0 Å². The van der Waals surface area contributed by atoms with Crippen molar-refractivity contribution in [2.45, 2.75) is 12.8 Å². The highest BCUT2D eigenvalue weighted by molar-refractivity contribution is 6.30. The summed E-state index contributed by atoms with van der Waals surface area (Å²) in [5.41, 5.74) is 4.02. The van der Waals surface area contributed by atoms with Crippen LogP contribution in [0.2, 0.25) is 5.02 Å². The molecule has 0 atom stereocenters. The minimum absolute atomic E-state index is 0.169. The standard InChI is InChI=1S/C21H19ClN4O/c22-18-7-5-15(6-8-18)9-11-23-20(27)17-13-24-21(25-14-17)26-12-10-16-3-1-2-4-19(16)26/h1-8,13-14H,9-12H2,(H,23,27). The van der Waals surface area contributed by atoms with E-state index in [9.17, 15) is 4.79 Å². The summed E-state index contributed by atoms with van der Waals surface area (Å²) in [7, 11) is 0. The van der Waals surface area contributed by atoms with E-state index in [1.54, 1.807) is 12.4 Å². The van der Waals surface area contributed by atoms with Gasteiger partial charge in [-0.1, -0.05) is 41.9 Å². The lowest BCUT2D eigenvalue weighted by molar-refractivity contribution is 0.0953. The molecule has 0 aliphatic carbocycles. The largest absolute Gasteiger partial charge is 0.352 e. The number of fused-ring (bicyclic) bond motifs is 1. The maximum absolute atomic E-state index is 12.3. The predicted octanol–water partition coefficient (Wildman–Crippen LogP) is 3.80. The SMILES string of the molecule is O=C(NCCc1ccc(Cl)cc1)c1cnc(N2CCc3ccccc32)nc1. The fraction of sp³-hybridized carbons (Fsp3) is 0.190. The van der Waals surface area contributed by atoms with Crippen LogP contribution in [0.15, 0.2) is 60.9 Å². The van der Waals surface area contributed by atoms with Gasteiger partial charge in [-0.05, 0) is 42.2 Å². The van der Waals surface area contributed by atoms with Crippen LogP contribution in [0.5, 0.6) is 0 Å². The van der Waals surface area contributed by atoms with Crippen LogP contribution in [0.25, 0.3) is 0 Å². The maximum atomic E-state index is 12.3. The van der Waals surface area contributed by atoms with Crippen LogP contribution in [-0.4, -0.2) is 29.0 Å². The van der Waals surface area contributed by atoms with Crippen LogP contribution in [0, 0.1) is 0 Å². The summed E-state index contributed by atoms with van der Waals surface area (Å²) >= 11 is 5.88. The molecule has 3 aromatic rings. The average Bonchev–Trinajstić information content (AvgIpc) is 3.14. The molecule has 0 saturated heterocycles. The van der Waals surface area contributed by atoms with Gasteiger partial charge < -0.3 is 10.2 Å². The first-order chi connectivity index (χ1) is 13.2. The second-order valence-corrected chi connectivity index (χ2v) is 6.87. The summed E-state index contributed by atoms with van der Waals surface area (Å²) in [4.78, 5) is 23.2. The topological polar surface area (TPSA) is 58.1 Å². The molecule has 1 aliphatic rings. The van der Waals surface area contributed by atoms with E-state index in [0.29, 0.717) is 23.1 Å². The molecule has 1 amide bonds. The van der Waals surface area contributed by atoms with Crippen molar-refractivity contribution in [2.24, 2.45) is 0 Å². The second kappa shape index (κ2) is 7.76. The van der Waals surface area contributed by atoms with E-state index in [-0.39, 0.29) is 5.91 Å². The second-order valence-electron chi connectivity index (χ2n) is 6.43. The molecule has 0 fully saturated rings. The molecule has 0 saturated carbocycles. The zero-order chi connectivity index (χ0) is 18.6. The van der Waals surface area contributed by atoms with E-state index in [1.165, 1.54) is 5.56 Å². The third kappa shape index (κ3) is 3.93. The highest BCUT2D eigenvalue weighted by Gasteiger charge is 2.21. The van der Waals surface area contributed by atoms with Gasteiger partial charge in [0.1, 0.15) is 0 Å². The number of nitrogens with zero attached hydrogens (tertiary/aromatic N) is 3. The average molecular weight is 379 g/mol. The molecule has 2 heterocycles. The van der Waals surface area contributed by atoms with Crippen molar-refractivity contribution in [3.05, 3.63) is 82.6 Å². The molecular formula is C21H19ClN4O. The number of aromatic nitrogens is 2. The Bertz CT molecular complexity index is 941. The first-order valence-corrected chi connectivity index (χ1v) is 9.28. The number of para-hydroxylation sites is 1. The molecule has 0 unspecified atom stereocenters. The Labute approximate surface area is 163 Å². The van der Waals surface area contributed by atoms with Gasteiger partial charge in [-0.3, -0.25) is 4.79 Å². The number of rotatable bonds is 5. The van der Waals surface area contributed by atoms with E-state index < -0.39 is 0 Å². The Hall–Kier alpha value is -2.92. The number of anilines is 2. The Morgan fingerprint density at radius 1 is 1.07 bits per heavy atom. The Balaban J connectivity index is 1.36. The molecule has 5 nitrogen and oxygen atoms in total. The van der Waals surface area contributed by atoms with E-state index in [1.807, 2.05) is 36.4 Å². The Morgan fingerprint density at radius 3 is 2.59 bits per heavy atom. The van der Waals surface area contributed by atoms with E-state index in [2.05, 4.69) is 32.3 Å². The number of carbonyl (C=O) groups is 1. The molecule has 27 heavy (non-hydrogen) atoms. The zero-order valence-corrected chi connectivity index (χ0v) is 15.5. The third-order valence-corrected chi connectivity index (χ3v) is 4.89. The summed E-state index contributed by atoms with van der Waals surface area (Å²) in [5.74, 6) is 0.454. The van der Waals surface area contributed by atoms with E-state index >= 15 is 0 Å². The quantitative estimate of drug-likeness (QED) is 0.733. The third-order valence-electron chi connectivity index (χ3n) is 4.64. The fourth-order valence-corrected chi connectivity index (χ4v) is 3.32. The van der Waals surface area contributed by atoms with Crippen LogP contribution in [0.1, 0.15) is 21.5 Å². The predicted molar refractivity (Wildman–Crippen MR) is 107 cm³/mol. The number of nitrogens with one attached hydrogen (secondary N) is 1. The van der Waals surface area contributed by atoms with Crippen molar-refractivity contribution in [3.63, 3.8) is 0 Å². The summed E-state index contributed by atoms with van der Waals surface area (Å²) in [6.07, 6.45) is 4.89. The Kier molecular flexibility index (Phi) is 5.03. The zero-order valence-electron chi connectivity index (χ0n) is 14.7. The summed E-state index contributed by atoms with van der Waals surface area (Å²) in [5, 5.41) is 3.61. The van der Waals surface area contributed by atoms with Crippen molar-refractivity contribution in [1.82, 2.24) is 15.3 Å². The smallest absolute Gasteiger partial charge is 0.254 e. The van der Waals surface area contributed by atoms with Gasteiger partial charge in [-0.2, -0.15) is 0 Å². The minimum atomic E-state index is -0.169. The van der Waals surface area contributed by atoms with Crippen molar-refractivity contribution in [2.75, 3.05) is 18.0 Å². The highest BCUT2D eigenvalue weighted by Crippen LogP contribution is 2.31. The number of hydrogen-bond donors (Lipinski definition) is 1. The maximum Gasteiger partial charge on any atom is 0.254 e. The van der Waals surface area contributed by atoms with Gasteiger partial charge in [0.2, 0.25) is 5.95 Å². The molecule has 4 rings (SSSR count). The van der Waals surface area contributed by atoms with Crippen LogP contribution in [0.4, 0.5) is 11.6 Å². The molecule has 0 bridgehead atoms. The number of benzene rings is 2. The van der Waals surface area contributed by atoms with Crippen LogP contribution in [-0.2, 0) is 12.8 Å². The normalized spacial score (nSPS) is 12.7. The molecule has 1 aliphatic heterocycles. The number of halogens is 1. The van der Waals surface area contributed by atoms with Gasteiger partial charge in [-0.25, -0.2) is 9.97 Å². The van der Waals surface area contributed by atoms with Gasteiger partial charge in [-0.15, -0.1) is 0 Å². The highest BCUT2D eigenvalue weighted by atomic mass is 35.5. The van der Waals surface area contributed by atoms with Crippen LogP contribution >= 0.6 is 11.6 Å². The summed E-state index contributed by atoms with van der Waals surface area (Å²) < 4.78 is 0. The molecule has 2 aromatic carbocycles. The first-order valence-electron chi connectivity index (χ1n) is 8.91. The van der Waals surface area contributed by atoms with Crippen molar-refractivity contribution in [1.29, 1.82) is 0 Å².